The van der Waals surface area contributed by atoms with Crippen molar-refractivity contribution in [3.63, 3.8) is 0 Å². The third-order valence-electron chi connectivity index (χ3n) is 5.97. The molecular formula is C25H28N4O2. The van der Waals surface area contributed by atoms with E-state index in [0.717, 1.165) is 47.2 Å². The fraction of sp³-hybridized carbons (Fsp3) is 0.360. The number of piperidine rings is 1. The molecule has 6 nitrogen and oxygen atoms in total. The molecule has 31 heavy (non-hydrogen) atoms. The Bertz CT molecular complexity index is 1110. The van der Waals surface area contributed by atoms with Crippen LogP contribution in [-0.2, 0) is 0 Å². The van der Waals surface area contributed by atoms with Crippen molar-refractivity contribution >= 4 is 5.91 Å². The Balaban J connectivity index is 1.81. The van der Waals surface area contributed by atoms with E-state index in [9.17, 15) is 4.79 Å². The summed E-state index contributed by atoms with van der Waals surface area (Å²) < 4.78 is 5.58. The molecule has 0 saturated carbocycles. The minimum absolute atomic E-state index is 0.0149. The molecule has 1 unspecified atom stereocenters. The maximum Gasteiger partial charge on any atom is 0.258 e. The Morgan fingerprint density at radius 1 is 1.06 bits per heavy atom. The molecular weight excluding hydrogens is 388 g/mol. The average molecular weight is 417 g/mol. The van der Waals surface area contributed by atoms with Crippen molar-refractivity contribution in [1.82, 2.24) is 19.9 Å². The van der Waals surface area contributed by atoms with Crippen molar-refractivity contribution in [2.24, 2.45) is 0 Å². The number of nitrogens with zero attached hydrogens (tertiary/aromatic N) is 4. The lowest BCUT2D eigenvalue weighted by Crippen LogP contribution is -2.39. The molecule has 0 N–H and O–H groups in total. The number of pyridine rings is 1. The molecule has 1 atom stereocenters. The summed E-state index contributed by atoms with van der Waals surface area (Å²) in [5.74, 6) is 1.33. The molecule has 1 aromatic carbocycles. The monoisotopic (exact) mass is 416 g/mol. The normalized spacial score (nSPS) is 16.3. The van der Waals surface area contributed by atoms with Gasteiger partial charge in [-0.3, -0.25) is 9.78 Å². The van der Waals surface area contributed by atoms with Gasteiger partial charge >= 0.3 is 0 Å². The molecule has 0 bridgehead atoms. The maximum atomic E-state index is 13.7. The highest BCUT2D eigenvalue weighted by molar-refractivity contribution is 5.97. The van der Waals surface area contributed by atoms with Crippen LogP contribution in [0.4, 0.5) is 0 Å². The van der Waals surface area contributed by atoms with Crippen LogP contribution in [0.3, 0.4) is 0 Å². The molecule has 1 saturated heterocycles. The van der Waals surface area contributed by atoms with Crippen LogP contribution in [0, 0.1) is 20.8 Å². The second kappa shape index (κ2) is 8.84. The highest BCUT2D eigenvalue weighted by Crippen LogP contribution is 2.38. The SMILES string of the molecule is COc1c(C)cccc1C(=O)N1CCCCC1c1nc(C)ncc1-c1ccncc1C. The lowest BCUT2D eigenvalue weighted by Gasteiger charge is -2.36. The first-order valence-electron chi connectivity index (χ1n) is 10.7. The highest BCUT2D eigenvalue weighted by Gasteiger charge is 2.33. The summed E-state index contributed by atoms with van der Waals surface area (Å²) in [6, 6.07) is 7.59. The van der Waals surface area contributed by atoms with E-state index < -0.39 is 0 Å². The molecule has 4 rings (SSSR count). The van der Waals surface area contributed by atoms with Crippen molar-refractivity contribution in [1.29, 1.82) is 0 Å². The van der Waals surface area contributed by atoms with Crippen LogP contribution in [0.2, 0.25) is 0 Å². The molecule has 0 aliphatic carbocycles. The molecule has 2 aromatic heterocycles. The molecule has 6 heteroatoms. The van der Waals surface area contributed by atoms with Gasteiger partial charge in [0.05, 0.1) is 24.4 Å². The predicted octanol–water partition coefficient (Wildman–Crippen LogP) is 4.84. The lowest BCUT2D eigenvalue weighted by atomic mass is 9.92. The summed E-state index contributed by atoms with van der Waals surface area (Å²) in [5.41, 5.74) is 5.53. The molecule has 3 aromatic rings. The Labute approximate surface area is 183 Å². The minimum atomic E-state index is -0.115. The van der Waals surface area contributed by atoms with Crippen LogP contribution < -0.4 is 4.74 Å². The number of rotatable bonds is 4. The largest absolute Gasteiger partial charge is 0.496 e. The number of benzene rings is 1. The first-order chi connectivity index (χ1) is 15.0. The van der Waals surface area contributed by atoms with Gasteiger partial charge in [-0.25, -0.2) is 9.97 Å². The number of methoxy groups -OCH3 is 1. The molecule has 160 valence electrons. The smallest absolute Gasteiger partial charge is 0.258 e. The first kappa shape index (κ1) is 21.0. The van der Waals surface area contributed by atoms with Crippen molar-refractivity contribution in [2.45, 2.75) is 46.1 Å². The van der Waals surface area contributed by atoms with Crippen LogP contribution >= 0.6 is 0 Å². The second-order valence-electron chi connectivity index (χ2n) is 8.07. The molecule has 0 radical (unpaired) electrons. The summed E-state index contributed by atoms with van der Waals surface area (Å²) in [6.45, 7) is 6.58. The number of hydrogen-bond acceptors (Lipinski definition) is 5. The zero-order valence-corrected chi connectivity index (χ0v) is 18.6. The van der Waals surface area contributed by atoms with Gasteiger partial charge in [0.2, 0.25) is 0 Å². The number of aromatic nitrogens is 3. The van der Waals surface area contributed by atoms with Gasteiger partial charge in [0, 0.05) is 30.7 Å². The van der Waals surface area contributed by atoms with Gasteiger partial charge in [-0.2, -0.15) is 0 Å². The number of likely N-dealkylation sites (tertiary alicyclic amines) is 1. The summed E-state index contributed by atoms with van der Waals surface area (Å²) in [5, 5.41) is 0. The zero-order valence-electron chi connectivity index (χ0n) is 18.6. The Kier molecular flexibility index (Phi) is 5.98. The van der Waals surface area contributed by atoms with Crippen LogP contribution in [0.1, 0.15) is 58.3 Å². The topological polar surface area (TPSA) is 68.2 Å². The van der Waals surface area contributed by atoms with Gasteiger partial charge in [-0.05, 0) is 68.9 Å². The fourth-order valence-corrected chi connectivity index (χ4v) is 4.43. The summed E-state index contributed by atoms with van der Waals surface area (Å²) in [6.07, 6.45) is 8.41. The van der Waals surface area contributed by atoms with E-state index in [0.29, 0.717) is 23.7 Å². The van der Waals surface area contributed by atoms with E-state index in [1.165, 1.54) is 0 Å². The molecule has 1 aliphatic heterocycles. The first-order valence-corrected chi connectivity index (χ1v) is 10.7. The average Bonchev–Trinajstić information content (AvgIpc) is 2.79. The second-order valence-corrected chi connectivity index (χ2v) is 8.07. The minimum Gasteiger partial charge on any atom is -0.496 e. The molecule has 1 amide bonds. The Morgan fingerprint density at radius 3 is 2.68 bits per heavy atom. The van der Waals surface area contributed by atoms with Gasteiger partial charge in [0.15, 0.2) is 0 Å². The van der Waals surface area contributed by atoms with Crippen molar-refractivity contribution in [3.05, 3.63) is 71.1 Å². The van der Waals surface area contributed by atoms with Gasteiger partial charge in [-0.15, -0.1) is 0 Å². The lowest BCUT2D eigenvalue weighted by molar-refractivity contribution is 0.0603. The van der Waals surface area contributed by atoms with Gasteiger partial charge in [0.25, 0.3) is 5.91 Å². The van der Waals surface area contributed by atoms with Gasteiger partial charge in [-0.1, -0.05) is 12.1 Å². The Hall–Kier alpha value is -3.28. The van der Waals surface area contributed by atoms with E-state index in [-0.39, 0.29) is 11.9 Å². The summed E-state index contributed by atoms with van der Waals surface area (Å²) in [7, 11) is 1.62. The number of ether oxygens (including phenoxy) is 1. The number of hydrogen-bond donors (Lipinski definition) is 0. The number of amides is 1. The molecule has 3 heterocycles. The van der Waals surface area contributed by atoms with Gasteiger partial charge < -0.3 is 9.64 Å². The van der Waals surface area contributed by atoms with Crippen molar-refractivity contribution < 1.29 is 9.53 Å². The van der Waals surface area contributed by atoms with Crippen LogP contribution in [0.5, 0.6) is 5.75 Å². The number of para-hydroxylation sites is 1. The number of carbonyl (C=O) groups is 1. The standard InChI is InChI=1S/C25H28N4O2/c1-16-8-7-9-20(24(16)31-4)25(30)29-13-6-5-10-22(29)23-21(15-27-18(3)28-23)19-11-12-26-14-17(19)2/h7-9,11-12,14-15,22H,5-6,10,13H2,1-4H3. The van der Waals surface area contributed by atoms with Crippen molar-refractivity contribution in [2.75, 3.05) is 13.7 Å². The third kappa shape index (κ3) is 4.02. The van der Waals surface area contributed by atoms with E-state index >= 15 is 0 Å². The molecule has 0 spiro atoms. The summed E-state index contributed by atoms with van der Waals surface area (Å²) >= 11 is 0. The van der Waals surface area contributed by atoms with E-state index in [1.807, 2.05) is 62.3 Å². The van der Waals surface area contributed by atoms with E-state index in [1.54, 1.807) is 13.3 Å². The third-order valence-corrected chi connectivity index (χ3v) is 5.97. The molecule has 1 aliphatic rings. The van der Waals surface area contributed by atoms with Crippen LogP contribution in [0.15, 0.2) is 42.9 Å². The van der Waals surface area contributed by atoms with E-state index in [2.05, 4.69) is 9.97 Å². The van der Waals surface area contributed by atoms with E-state index in [4.69, 9.17) is 9.72 Å². The molecule has 1 fully saturated rings. The van der Waals surface area contributed by atoms with Gasteiger partial charge in [0.1, 0.15) is 11.6 Å². The number of carbonyl (C=O) groups excluding carboxylic acids is 1. The van der Waals surface area contributed by atoms with Crippen LogP contribution in [0.25, 0.3) is 11.1 Å². The predicted molar refractivity (Wildman–Crippen MR) is 120 cm³/mol. The fourth-order valence-electron chi connectivity index (χ4n) is 4.43. The maximum absolute atomic E-state index is 13.7. The highest BCUT2D eigenvalue weighted by atomic mass is 16.5. The number of aryl methyl sites for hydroxylation is 3. The Morgan fingerprint density at radius 2 is 1.90 bits per heavy atom. The quantitative estimate of drug-likeness (QED) is 0.609. The summed E-state index contributed by atoms with van der Waals surface area (Å²) in [4.78, 5) is 29.2. The van der Waals surface area contributed by atoms with Crippen molar-refractivity contribution in [3.8, 4) is 16.9 Å². The van der Waals surface area contributed by atoms with Crippen LogP contribution in [-0.4, -0.2) is 39.4 Å². The zero-order chi connectivity index (χ0) is 22.0.